The second-order valence-electron chi connectivity index (χ2n) is 6.65. The number of hydrogen-bond donors (Lipinski definition) is 1. The van der Waals surface area contributed by atoms with E-state index in [1.807, 2.05) is 6.92 Å². The van der Waals surface area contributed by atoms with Gasteiger partial charge in [0.2, 0.25) is 0 Å². The topological polar surface area (TPSA) is 53.0 Å². The van der Waals surface area contributed by atoms with Gasteiger partial charge in [-0.3, -0.25) is 0 Å². The number of benzene rings is 1. The number of anilines is 1. The van der Waals surface area contributed by atoms with Crippen molar-refractivity contribution in [3.63, 3.8) is 0 Å². The maximum Gasteiger partial charge on any atom is 0.194 e. The highest BCUT2D eigenvalue weighted by molar-refractivity contribution is 7.09. The van der Waals surface area contributed by atoms with Crippen molar-refractivity contribution in [2.24, 2.45) is 4.99 Å². The maximum absolute atomic E-state index is 5.42. The summed E-state index contributed by atoms with van der Waals surface area (Å²) in [5, 5.41) is 6.58. The number of aryl methyl sites for hydroxylation is 1. The quantitative estimate of drug-likeness (QED) is 0.610. The number of rotatable bonds is 6. The summed E-state index contributed by atoms with van der Waals surface area (Å²) in [6, 6.07) is 8.71. The van der Waals surface area contributed by atoms with Gasteiger partial charge in [-0.25, -0.2) is 9.98 Å². The summed E-state index contributed by atoms with van der Waals surface area (Å²) >= 11 is 1.68. The smallest absolute Gasteiger partial charge is 0.194 e. The number of thiazole rings is 1. The summed E-state index contributed by atoms with van der Waals surface area (Å²) in [4.78, 5) is 13.8. The van der Waals surface area contributed by atoms with E-state index in [0.29, 0.717) is 6.54 Å². The molecule has 2 heterocycles. The van der Waals surface area contributed by atoms with Gasteiger partial charge in [-0.15, -0.1) is 11.3 Å². The molecule has 7 heteroatoms. The van der Waals surface area contributed by atoms with Gasteiger partial charge in [0.15, 0.2) is 5.96 Å². The lowest BCUT2D eigenvalue weighted by molar-refractivity contribution is 0.122. The van der Waals surface area contributed by atoms with Gasteiger partial charge in [0, 0.05) is 37.7 Å². The molecule has 27 heavy (non-hydrogen) atoms. The molecule has 1 aromatic carbocycles. The zero-order valence-corrected chi connectivity index (χ0v) is 17.3. The van der Waals surface area contributed by atoms with Crippen LogP contribution in [-0.2, 0) is 17.8 Å². The molecule has 0 bridgehead atoms. The van der Waals surface area contributed by atoms with Crippen molar-refractivity contribution in [3.8, 4) is 0 Å². The van der Waals surface area contributed by atoms with E-state index in [1.54, 1.807) is 11.3 Å². The van der Waals surface area contributed by atoms with Gasteiger partial charge in [-0.05, 0) is 31.5 Å². The standard InChI is InChI=1S/C20H29N5OS/c1-4-21-20(24(3)14-18-15-27-16(2)23-18)22-13-17-5-7-19(8-6-17)25-9-11-26-12-10-25/h5-8,15H,4,9-14H2,1-3H3,(H,21,22). The summed E-state index contributed by atoms with van der Waals surface area (Å²) in [5.74, 6) is 0.903. The molecule has 1 N–H and O–H groups in total. The monoisotopic (exact) mass is 387 g/mol. The molecule has 0 unspecified atom stereocenters. The minimum atomic E-state index is 0.659. The highest BCUT2D eigenvalue weighted by Gasteiger charge is 2.11. The van der Waals surface area contributed by atoms with E-state index in [9.17, 15) is 0 Å². The van der Waals surface area contributed by atoms with Crippen LogP contribution in [0.4, 0.5) is 5.69 Å². The van der Waals surface area contributed by atoms with E-state index in [0.717, 1.165) is 56.1 Å². The molecule has 1 aliphatic rings. The van der Waals surface area contributed by atoms with Gasteiger partial charge in [0.25, 0.3) is 0 Å². The maximum atomic E-state index is 5.42. The van der Waals surface area contributed by atoms with Crippen molar-refractivity contribution in [3.05, 3.63) is 45.9 Å². The van der Waals surface area contributed by atoms with Crippen LogP contribution in [0.1, 0.15) is 23.2 Å². The highest BCUT2D eigenvalue weighted by atomic mass is 32.1. The molecule has 1 aliphatic heterocycles. The number of guanidine groups is 1. The van der Waals surface area contributed by atoms with Gasteiger partial charge in [0.1, 0.15) is 0 Å². The molecular formula is C20H29N5OS. The molecule has 1 fully saturated rings. The van der Waals surface area contributed by atoms with Crippen LogP contribution in [0.5, 0.6) is 0 Å². The van der Waals surface area contributed by atoms with Crippen molar-refractivity contribution in [1.29, 1.82) is 0 Å². The Morgan fingerprint density at radius 1 is 1.30 bits per heavy atom. The van der Waals surface area contributed by atoms with Crippen LogP contribution < -0.4 is 10.2 Å². The predicted molar refractivity (Wildman–Crippen MR) is 113 cm³/mol. The number of nitrogens with zero attached hydrogens (tertiary/aromatic N) is 4. The molecule has 0 amide bonds. The third-order valence-corrected chi connectivity index (χ3v) is 5.31. The van der Waals surface area contributed by atoms with E-state index in [2.05, 4.69) is 63.7 Å². The first-order chi connectivity index (χ1) is 13.2. The van der Waals surface area contributed by atoms with Crippen LogP contribution in [0.2, 0.25) is 0 Å². The molecule has 0 radical (unpaired) electrons. The lowest BCUT2D eigenvalue weighted by atomic mass is 10.2. The van der Waals surface area contributed by atoms with E-state index < -0.39 is 0 Å². The first-order valence-corrected chi connectivity index (χ1v) is 10.4. The number of aliphatic imine (C=N–C) groups is 1. The largest absolute Gasteiger partial charge is 0.378 e. The first-order valence-electron chi connectivity index (χ1n) is 9.48. The second kappa shape index (κ2) is 9.71. The van der Waals surface area contributed by atoms with Crippen LogP contribution in [-0.4, -0.2) is 55.7 Å². The average molecular weight is 388 g/mol. The number of aromatic nitrogens is 1. The number of hydrogen-bond acceptors (Lipinski definition) is 5. The van der Waals surface area contributed by atoms with Gasteiger partial charge in [-0.1, -0.05) is 12.1 Å². The summed E-state index contributed by atoms with van der Waals surface area (Å²) in [6.45, 7) is 9.92. The Balaban J connectivity index is 1.61. The summed E-state index contributed by atoms with van der Waals surface area (Å²) in [5.41, 5.74) is 3.55. The Morgan fingerprint density at radius 3 is 2.67 bits per heavy atom. The Labute approximate surface area is 165 Å². The van der Waals surface area contributed by atoms with Gasteiger partial charge < -0.3 is 19.9 Å². The van der Waals surface area contributed by atoms with E-state index in [4.69, 9.17) is 9.73 Å². The Morgan fingerprint density at radius 2 is 2.04 bits per heavy atom. The highest BCUT2D eigenvalue weighted by Crippen LogP contribution is 2.17. The Kier molecular flexibility index (Phi) is 7.06. The van der Waals surface area contributed by atoms with Crippen molar-refractivity contribution < 1.29 is 4.74 Å². The molecule has 6 nitrogen and oxygen atoms in total. The third kappa shape index (κ3) is 5.68. The number of morpholine rings is 1. The lowest BCUT2D eigenvalue weighted by Crippen LogP contribution is -2.38. The van der Waals surface area contributed by atoms with E-state index in [-0.39, 0.29) is 0 Å². The van der Waals surface area contributed by atoms with Gasteiger partial charge >= 0.3 is 0 Å². The SMILES string of the molecule is CCNC(=NCc1ccc(N2CCOCC2)cc1)N(C)Cc1csc(C)n1. The zero-order valence-electron chi connectivity index (χ0n) is 16.4. The molecule has 1 saturated heterocycles. The zero-order chi connectivity index (χ0) is 19.1. The summed E-state index contributed by atoms with van der Waals surface area (Å²) < 4.78 is 5.42. The molecule has 146 valence electrons. The van der Waals surface area contributed by atoms with E-state index >= 15 is 0 Å². The average Bonchev–Trinajstić information content (AvgIpc) is 3.10. The fourth-order valence-electron chi connectivity index (χ4n) is 3.07. The van der Waals surface area contributed by atoms with Crippen LogP contribution in [0.25, 0.3) is 0 Å². The summed E-state index contributed by atoms with van der Waals surface area (Å²) in [7, 11) is 2.05. The number of ether oxygens (including phenoxy) is 1. The van der Waals surface area contributed by atoms with Gasteiger partial charge in [0.05, 0.1) is 37.0 Å². The van der Waals surface area contributed by atoms with Crippen LogP contribution in [0.3, 0.4) is 0 Å². The molecule has 0 spiro atoms. The molecule has 0 atom stereocenters. The molecular weight excluding hydrogens is 358 g/mol. The van der Waals surface area contributed by atoms with Crippen LogP contribution in [0.15, 0.2) is 34.6 Å². The first kappa shape index (κ1) is 19.6. The molecule has 0 aliphatic carbocycles. The van der Waals surface area contributed by atoms with E-state index in [1.165, 1.54) is 11.3 Å². The minimum Gasteiger partial charge on any atom is -0.378 e. The summed E-state index contributed by atoms with van der Waals surface area (Å²) in [6.07, 6.45) is 0. The fourth-order valence-corrected chi connectivity index (χ4v) is 3.67. The van der Waals surface area contributed by atoms with Crippen molar-refractivity contribution >= 4 is 23.0 Å². The normalized spacial score (nSPS) is 15.1. The fraction of sp³-hybridized carbons (Fsp3) is 0.500. The van der Waals surface area contributed by atoms with Crippen molar-refractivity contribution in [2.75, 3.05) is 44.8 Å². The van der Waals surface area contributed by atoms with Crippen LogP contribution >= 0.6 is 11.3 Å². The van der Waals surface area contributed by atoms with Gasteiger partial charge in [-0.2, -0.15) is 0 Å². The molecule has 1 aromatic heterocycles. The number of nitrogens with one attached hydrogen (secondary N) is 1. The molecule has 3 rings (SSSR count). The minimum absolute atomic E-state index is 0.659. The Bertz CT molecular complexity index is 737. The third-order valence-electron chi connectivity index (χ3n) is 4.49. The van der Waals surface area contributed by atoms with Crippen molar-refractivity contribution in [1.82, 2.24) is 15.2 Å². The Hall–Kier alpha value is -2.12. The van der Waals surface area contributed by atoms with Crippen molar-refractivity contribution in [2.45, 2.75) is 26.9 Å². The second-order valence-corrected chi connectivity index (χ2v) is 7.71. The molecule has 0 saturated carbocycles. The lowest BCUT2D eigenvalue weighted by Gasteiger charge is -2.28. The molecule has 2 aromatic rings. The van der Waals surface area contributed by atoms with Crippen LogP contribution in [0, 0.1) is 6.92 Å². The predicted octanol–water partition coefficient (Wildman–Crippen LogP) is 2.89.